The van der Waals surface area contributed by atoms with Gasteiger partial charge in [0.05, 0.1) is 0 Å². The molecular weight excluding hydrogens is 178 g/mol. The molecule has 0 unspecified atom stereocenters. The molecule has 0 radical (unpaired) electrons. The molecule has 0 amide bonds. The molecule has 0 spiro atoms. The van der Waals surface area contributed by atoms with E-state index in [2.05, 4.69) is 4.99 Å². The molecule has 3 nitrogen and oxygen atoms in total. The molecule has 0 fully saturated rings. The first-order valence-electron chi connectivity index (χ1n) is 4.35. The highest BCUT2D eigenvalue weighted by molar-refractivity contribution is 5.59. The Morgan fingerprint density at radius 1 is 1.36 bits per heavy atom. The fourth-order valence-electron chi connectivity index (χ4n) is 1.60. The first-order valence-corrected chi connectivity index (χ1v) is 4.35. The van der Waals surface area contributed by atoms with Crippen LogP contribution < -0.4 is 0 Å². The maximum atomic E-state index is 10.1. The van der Waals surface area contributed by atoms with E-state index in [1.807, 2.05) is 30.3 Å². The zero-order chi connectivity index (χ0) is 9.97. The third-order valence-electron chi connectivity index (χ3n) is 2.31. The summed E-state index contributed by atoms with van der Waals surface area (Å²) < 4.78 is 0. The Morgan fingerprint density at radius 2 is 2.14 bits per heavy atom. The van der Waals surface area contributed by atoms with Crippen molar-refractivity contribution in [3.63, 3.8) is 0 Å². The van der Waals surface area contributed by atoms with E-state index in [-0.39, 0.29) is 0 Å². The summed E-state index contributed by atoms with van der Waals surface area (Å²) in [4.78, 5) is 13.6. The summed E-state index contributed by atoms with van der Waals surface area (Å²) in [6, 6.07) is 7.00. The summed E-state index contributed by atoms with van der Waals surface area (Å²) >= 11 is 0. The lowest BCUT2D eigenvalue weighted by Gasteiger charge is -2.21. The van der Waals surface area contributed by atoms with Crippen LogP contribution in [-0.2, 0) is 4.79 Å². The van der Waals surface area contributed by atoms with Crippen LogP contribution >= 0.6 is 0 Å². The maximum Gasteiger partial charge on any atom is 0.235 e. The highest BCUT2D eigenvalue weighted by Crippen LogP contribution is 2.29. The number of benzene rings is 1. The Bertz CT molecular complexity index is 419. The normalized spacial score (nSPS) is 23.8. The van der Waals surface area contributed by atoms with Crippen molar-refractivity contribution in [2.45, 2.75) is 12.1 Å². The molecule has 70 valence electrons. The molecule has 1 aromatic rings. The Labute approximate surface area is 81.4 Å². The number of rotatable bonds is 1. The number of hydrogen-bond acceptors (Lipinski definition) is 3. The minimum absolute atomic E-state index is 0.498. The standard InChI is InChI=1S/C11H9NO2/c13-7-12-10-6-5-8-3-1-2-4-9(8)11(10)14/h1-6,10-11,14H/t10-,11-/m1/s1. The highest BCUT2D eigenvalue weighted by Gasteiger charge is 2.22. The van der Waals surface area contributed by atoms with Crippen LogP contribution in [0.1, 0.15) is 17.2 Å². The van der Waals surface area contributed by atoms with Gasteiger partial charge in [-0.25, -0.2) is 4.79 Å². The van der Waals surface area contributed by atoms with Gasteiger partial charge in [-0.05, 0) is 11.1 Å². The smallest absolute Gasteiger partial charge is 0.235 e. The van der Waals surface area contributed by atoms with Gasteiger partial charge in [-0.2, -0.15) is 4.99 Å². The quantitative estimate of drug-likeness (QED) is 0.534. The lowest BCUT2D eigenvalue weighted by molar-refractivity contribution is 0.162. The van der Waals surface area contributed by atoms with Gasteiger partial charge in [0, 0.05) is 0 Å². The Morgan fingerprint density at radius 3 is 2.93 bits per heavy atom. The van der Waals surface area contributed by atoms with Crippen LogP contribution in [0.5, 0.6) is 0 Å². The molecule has 0 aromatic heterocycles. The van der Waals surface area contributed by atoms with Crippen LogP contribution in [0.15, 0.2) is 35.3 Å². The van der Waals surface area contributed by atoms with Crippen LogP contribution in [0.25, 0.3) is 6.08 Å². The van der Waals surface area contributed by atoms with Crippen LogP contribution in [0, 0.1) is 0 Å². The summed E-state index contributed by atoms with van der Waals surface area (Å²) in [5.74, 6) is 0. The molecule has 1 N–H and O–H groups in total. The molecule has 3 heteroatoms. The summed E-state index contributed by atoms with van der Waals surface area (Å²) in [6.45, 7) is 0. The summed E-state index contributed by atoms with van der Waals surface area (Å²) in [6.07, 6.45) is 4.29. The van der Waals surface area contributed by atoms with E-state index in [0.717, 1.165) is 11.1 Å². The number of fused-ring (bicyclic) bond motifs is 1. The average molecular weight is 187 g/mol. The maximum absolute atomic E-state index is 10.1. The molecule has 0 saturated heterocycles. The number of hydrogen-bond donors (Lipinski definition) is 1. The van der Waals surface area contributed by atoms with Crippen molar-refractivity contribution in [1.82, 2.24) is 0 Å². The summed E-state index contributed by atoms with van der Waals surface area (Å²) in [5, 5.41) is 9.83. The van der Waals surface area contributed by atoms with E-state index in [1.54, 1.807) is 6.08 Å². The largest absolute Gasteiger partial charge is 0.386 e. The van der Waals surface area contributed by atoms with Crippen LogP contribution in [0.3, 0.4) is 0 Å². The molecule has 1 aliphatic rings. The number of isocyanates is 1. The van der Waals surface area contributed by atoms with E-state index in [9.17, 15) is 9.90 Å². The van der Waals surface area contributed by atoms with Gasteiger partial charge in [-0.3, -0.25) is 0 Å². The van der Waals surface area contributed by atoms with Gasteiger partial charge in [0.15, 0.2) is 0 Å². The van der Waals surface area contributed by atoms with Crippen molar-refractivity contribution < 1.29 is 9.90 Å². The summed E-state index contributed by atoms with van der Waals surface area (Å²) in [5.41, 5.74) is 1.77. The second kappa shape index (κ2) is 3.58. The van der Waals surface area contributed by atoms with Crippen molar-refractivity contribution in [3.8, 4) is 0 Å². The van der Waals surface area contributed by atoms with E-state index in [1.165, 1.54) is 6.08 Å². The average Bonchev–Trinajstić information content (AvgIpc) is 2.23. The minimum atomic E-state index is -0.738. The molecule has 1 aromatic carbocycles. The molecule has 14 heavy (non-hydrogen) atoms. The molecule has 0 aliphatic heterocycles. The Balaban J connectivity index is 2.44. The van der Waals surface area contributed by atoms with Crippen LogP contribution in [-0.4, -0.2) is 17.2 Å². The minimum Gasteiger partial charge on any atom is -0.386 e. The van der Waals surface area contributed by atoms with Crippen molar-refractivity contribution in [2.24, 2.45) is 4.99 Å². The van der Waals surface area contributed by atoms with Crippen LogP contribution in [0.2, 0.25) is 0 Å². The molecule has 0 saturated carbocycles. The lowest BCUT2D eigenvalue weighted by Crippen LogP contribution is -2.17. The molecule has 1 aliphatic carbocycles. The van der Waals surface area contributed by atoms with Gasteiger partial charge in [-0.15, -0.1) is 0 Å². The van der Waals surface area contributed by atoms with E-state index in [0.29, 0.717) is 0 Å². The van der Waals surface area contributed by atoms with Crippen molar-refractivity contribution in [1.29, 1.82) is 0 Å². The van der Waals surface area contributed by atoms with Gasteiger partial charge >= 0.3 is 0 Å². The van der Waals surface area contributed by atoms with E-state index >= 15 is 0 Å². The monoisotopic (exact) mass is 187 g/mol. The number of aliphatic hydroxyl groups is 1. The number of carbonyl (C=O) groups excluding carboxylic acids is 1. The Kier molecular flexibility index (Phi) is 2.27. The zero-order valence-electron chi connectivity index (χ0n) is 7.42. The highest BCUT2D eigenvalue weighted by atomic mass is 16.3. The molecule has 0 heterocycles. The third-order valence-corrected chi connectivity index (χ3v) is 2.31. The zero-order valence-corrected chi connectivity index (χ0v) is 7.42. The van der Waals surface area contributed by atoms with Gasteiger partial charge in [-0.1, -0.05) is 36.4 Å². The fraction of sp³-hybridized carbons (Fsp3) is 0.182. The predicted octanol–water partition coefficient (Wildman–Crippen LogP) is 1.45. The van der Waals surface area contributed by atoms with Crippen LogP contribution in [0.4, 0.5) is 0 Å². The number of aliphatic imine (C=N–C) groups is 1. The topological polar surface area (TPSA) is 49.7 Å². The van der Waals surface area contributed by atoms with Gasteiger partial charge in [0.2, 0.25) is 6.08 Å². The second-order valence-corrected chi connectivity index (χ2v) is 3.14. The van der Waals surface area contributed by atoms with E-state index < -0.39 is 12.1 Å². The molecular formula is C11H9NO2. The predicted molar refractivity (Wildman–Crippen MR) is 52.3 cm³/mol. The Hall–Kier alpha value is -1.70. The second-order valence-electron chi connectivity index (χ2n) is 3.14. The van der Waals surface area contributed by atoms with Crippen molar-refractivity contribution in [3.05, 3.63) is 41.5 Å². The van der Waals surface area contributed by atoms with E-state index in [4.69, 9.17) is 0 Å². The molecule has 2 atom stereocenters. The lowest BCUT2D eigenvalue weighted by atomic mass is 9.92. The number of nitrogens with zero attached hydrogens (tertiary/aromatic N) is 1. The molecule has 0 bridgehead atoms. The van der Waals surface area contributed by atoms with Crippen molar-refractivity contribution in [2.75, 3.05) is 0 Å². The molecule has 2 rings (SSSR count). The first-order chi connectivity index (χ1) is 6.83. The van der Waals surface area contributed by atoms with Crippen molar-refractivity contribution >= 4 is 12.2 Å². The fourth-order valence-corrected chi connectivity index (χ4v) is 1.60. The van der Waals surface area contributed by atoms with Gasteiger partial charge in [0.1, 0.15) is 12.1 Å². The summed E-state index contributed by atoms with van der Waals surface area (Å²) in [7, 11) is 0. The first kappa shape index (κ1) is 8.88. The third kappa shape index (κ3) is 1.39. The SMILES string of the molecule is O=C=N[C@@H]1C=Cc2ccccc2[C@H]1O. The van der Waals surface area contributed by atoms with Gasteiger partial charge < -0.3 is 5.11 Å². The van der Waals surface area contributed by atoms with Gasteiger partial charge in [0.25, 0.3) is 0 Å². The number of aliphatic hydroxyl groups excluding tert-OH is 1.